The standard InChI is InChI=1S/C38H29N5O3S/c1-24-34(36(44)41-29-8-4-3-5-9-29)35(27-16-18-30(46-2)19-17-27)43-37(45)33(47-38(43)40-24)20-28-23-42(32-11-7-6-10-31(28)32)22-26-14-12-25(21-39)13-15-26/h3-20,23,35H,22H2,1-2H3,(H,41,44)/b33-20+/t35-/m0/s1. The Kier molecular flexibility index (Phi) is 7.86. The minimum absolute atomic E-state index is 0.226. The molecule has 9 heteroatoms. The number of carbonyl (C=O) groups excluding carboxylic acids is 1. The van der Waals surface area contributed by atoms with Gasteiger partial charge in [-0.15, -0.1) is 0 Å². The molecular formula is C38H29N5O3S. The molecule has 0 saturated carbocycles. The number of nitrogens with zero attached hydrogens (tertiary/aromatic N) is 4. The van der Waals surface area contributed by atoms with Gasteiger partial charge >= 0.3 is 0 Å². The van der Waals surface area contributed by atoms with Crippen molar-refractivity contribution in [3.63, 3.8) is 0 Å². The number of allylic oxidation sites excluding steroid dienone is 1. The quantitative estimate of drug-likeness (QED) is 0.241. The van der Waals surface area contributed by atoms with E-state index in [4.69, 9.17) is 9.73 Å². The van der Waals surface area contributed by atoms with Crippen LogP contribution in [0.25, 0.3) is 17.0 Å². The van der Waals surface area contributed by atoms with Crippen LogP contribution in [0.4, 0.5) is 5.69 Å². The van der Waals surface area contributed by atoms with E-state index in [2.05, 4.69) is 22.0 Å². The molecule has 7 rings (SSSR count). The molecular weight excluding hydrogens is 607 g/mol. The van der Waals surface area contributed by atoms with Crippen LogP contribution in [-0.2, 0) is 11.3 Å². The van der Waals surface area contributed by atoms with Crippen molar-refractivity contribution >= 4 is 39.9 Å². The van der Waals surface area contributed by atoms with Crippen LogP contribution >= 0.6 is 11.3 Å². The van der Waals surface area contributed by atoms with Gasteiger partial charge in [-0.3, -0.25) is 14.2 Å². The van der Waals surface area contributed by atoms with Crippen molar-refractivity contribution in [2.45, 2.75) is 19.5 Å². The average molecular weight is 636 g/mol. The predicted octanol–water partition coefficient (Wildman–Crippen LogP) is 5.76. The highest BCUT2D eigenvalue weighted by molar-refractivity contribution is 7.07. The number of methoxy groups -OCH3 is 1. The molecule has 2 aromatic heterocycles. The average Bonchev–Trinajstić information content (AvgIpc) is 3.60. The summed E-state index contributed by atoms with van der Waals surface area (Å²) in [6.07, 6.45) is 3.96. The van der Waals surface area contributed by atoms with Crippen molar-refractivity contribution in [2.24, 2.45) is 4.99 Å². The number of anilines is 1. The molecule has 4 aromatic carbocycles. The molecule has 0 spiro atoms. The van der Waals surface area contributed by atoms with Gasteiger partial charge in [0.2, 0.25) is 0 Å². The fraction of sp³-hybridized carbons (Fsp3) is 0.105. The number of hydrogen-bond donors (Lipinski definition) is 1. The molecule has 1 aliphatic rings. The van der Waals surface area contributed by atoms with Crippen molar-refractivity contribution in [1.29, 1.82) is 5.26 Å². The van der Waals surface area contributed by atoms with Crippen LogP contribution in [0.5, 0.6) is 5.75 Å². The summed E-state index contributed by atoms with van der Waals surface area (Å²) in [5, 5.41) is 13.2. The van der Waals surface area contributed by atoms with Gasteiger partial charge in [0.05, 0.1) is 40.6 Å². The van der Waals surface area contributed by atoms with Crippen LogP contribution in [0.15, 0.2) is 130 Å². The van der Waals surface area contributed by atoms with Gasteiger partial charge in [-0.25, -0.2) is 4.99 Å². The summed E-state index contributed by atoms with van der Waals surface area (Å²) in [7, 11) is 1.60. The van der Waals surface area contributed by atoms with E-state index in [1.54, 1.807) is 11.7 Å². The third kappa shape index (κ3) is 5.67. The molecule has 0 aliphatic carbocycles. The Hall–Kier alpha value is -5.98. The van der Waals surface area contributed by atoms with E-state index in [0.717, 1.165) is 27.6 Å². The Bertz CT molecular complexity index is 2390. The molecule has 0 saturated heterocycles. The zero-order valence-electron chi connectivity index (χ0n) is 25.7. The van der Waals surface area contributed by atoms with Gasteiger partial charge in [-0.05, 0) is 66.6 Å². The summed E-state index contributed by atoms with van der Waals surface area (Å²) in [4.78, 5) is 33.5. The third-order valence-corrected chi connectivity index (χ3v) is 9.25. The third-order valence-electron chi connectivity index (χ3n) is 8.27. The van der Waals surface area contributed by atoms with Crippen molar-refractivity contribution < 1.29 is 9.53 Å². The Balaban J connectivity index is 1.34. The smallest absolute Gasteiger partial charge is 0.271 e. The number of benzene rings is 4. The molecule has 230 valence electrons. The van der Waals surface area contributed by atoms with Crippen LogP contribution < -0.4 is 24.9 Å². The van der Waals surface area contributed by atoms with Gasteiger partial charge in [0.15, 0.2) is 4.80 Å². The molecule has 0 radical (unpaired) electrons. The number of ether oxygens (including phenoxy) is 1. The summed E-state index contributed by atoms with van der Waals surface area (Å²) < 4.78 is 9.67. The van der Waals surface area contributed by atoms with Gasteiger partial charge < -0.3 is 14.6 Å². The van der Waals surface area contributed by atoms with Crippen molar-refractivity contribution in [2.75, 3.05) is 12.4 Å². The van der Waals surface area contributed by atoms with E-state index >= 15 is 0 Å². The molecule has 8 nitrogen and oxygen atoms in total. The highest BCUT2D eigenvalue weighted by Crippen LogP contribution is 2.32. The monoisotopic (exact) mass is 635 g/mol. The highest BCUT2D eigenvalue weighted by atomic mass is 32.1. The van der Waals surface area contributed by atoms with Gasteiger partial charge in [-0.1, -0.05) is 72.0 Å². The Morgan fingerprint density at radius 2 is 1.72 bits per heavy atom. The van der Waals surface area contributed by atoms with E-state index in [0.29, 0.717) is 44.1 Å². The summed E-state index contributed by atoms with van der Waals surface area (Å²) >= 11 is 1.31. The number of carbonyl (C=O) groups is 1. The molecule has 1 N–H and O–H groups in total. The highest BCUT2D eigenvalue weighted by Gasteiger charge is 2.32. The number of para-hydroxylation sites is 2. The molecule has 1 aliphatic heterocycles. The number of nitriles is 1. The number of nitrogens with one attached hydrogen (secondary N) is 1. The second kappa shape index (κ2) is 12.4. The second-order valence-corrected chi connectivity index (χ2v) is 12.2. The first-order chi connectivity index (χ1) is 22.9. The maximum absolute atomic E-state index is 14.3. The Labute approximate surface area is 274 Å². The summed E-state index contributed by atoms with van der Waals surface area (Å²) in [6, 6.07) is 33.8. The van der Waals surface area contributed by atoms with Crippen LogP contribution in [-0.4, -0.2) is 22.2 Å². The van der Waals surface area contributed by atoms with Crippen LogP contribution in [0, 0.1) is 11.3 Å². The summed E-state index contributed by atoms with van der Waals surface area (Å²) in [5.74, 6) is 0.355. The maximum Gasteiger partial charge on any atom is 0.271 e. The summed E-state index contributed by atoms with van der Waals surface area (Å²) in [6.45, 7) is 2.42. The molecule has 0 fully saturated rings. The number of fused-ring (bicyclic) bond motifs is 2. The lowest BCUT2D eigenvalue weighted by Crippen LogP contribution is -2.40. The summed E-state index contributed by atoms with van der Waals surface area (Å²) in [5.41, 5.74) is 5.75. The van der Waals surface area contributed by atoms with E-state index < -0.39 is 6.04 Å². The molecule has 6 aromatic rings. The fourth-order valence-corrected chi connectivity index (χ4v) is 7.01. The zero-order valence-corrected chi connectivity index (χ0v) is 26.5. The Morgan fingerprint density at radius 3 is 2.45 bits per heavy atom. The van der Waals surface area contributed by atoms with Gasteiger partial charge in [0.1, 0.15) is 5.75 Å². The zero-order chi connectivity index (χ0) is 32.5. The second-order valence-electron chi connectivity index (χ2n) is 11.2. The molecule has 1 atom stereocenters. The van der Waals surface area contributed by atoms with Crippen LogP contribution in [0.3, 0.4) is 0 Å². The minimum Gasteiger partial charge on any atom is -0.497 e. The lowest BCUT2D eigenvalue weighted by Gasteiger charge is -2.25. The van der Waals surface area contributed by atoms with Crippen molar-refractivity contribution in [1.82, 2.24) is 9.13 Å². The first-order valence-corrected chi connectivity index (χ1v) is 15.8. The number of aromatic nitrogens is 2. The van der Waals surface area contributed by atoms with Crippen LogP contribution in [0.1, 0.15) is 35.2 Å². The van der Waals surface area contributed by atoms with Gasteiger partial charge in [-0.2, -0.15) is 5.26 Å². The van der Waals surface area contributed by atoms with E-state index in [1.165, 1.54) is 11.3 Å². The minimum atomic E-state index is -0.694. The topological polar surface area (TPSA) is 101 Å². The lowest BCUT2D eigenvalue weighted by atomic mass is 9.95. The molecule has 1 amide bonds. The van der Waals surface area contributed by atoms with Crippen LogP contribution in [0.2, 0.25) is 0 Å². The van der Waals surface area contributed by atoms with Crippen molar-refractivity contribution in [3.05, 3.63) is 163 Å². The Morgan fingerprint density at radius 1 is 1.00 bits per heavy atom. The fourth-order valence-electron chi connectivity index (χ4n) is 5.98. The SMILES string of the molecule is COc1ccc([C@H]2C(C(=O)Nc3ccccc3)=C(C)N=c3s/c(=C/c4cn(Cc5ccc(C#N)cc5)c5ccccc45)c(=O)n32)cc1. The van der Waals surface area contributed by atoms with E-state index in [1.807, 2.05) is 116 Å². The first kappa shape index (κ1) is 29.7. The van der Waals surface area contributed by atoms with Gasteiger partial charge in [0, 0.05) is 34.9 Å². The normalized spacial score (nSPS) is 14.4. The van der Waals surface area contributed by atoms with Gasteiger partial charge in [0.25, 0.3) is 11.5 Å². The molecule has 3 heterocycles. The molecule has 0 bridgehead atoms. The first-order valence-electron chi connectivity index (χ1n) is 15.0. The number of rotatable bonds is 7. The molecule has 0 unspecified atom stereocenters. The van der Waals surface area contributed by atoms with Crippen molar-refractivity contribution in [3.8, 4) is 11.8 Å². The number of thiazole rings is 1. The van der Waals surface area contributed by atoms with E-state index in [-0.39, 0.29) is 11.5 Å². The maximum atomic E-state index is 14.3. The lowest BCUT2D eigenvalue weighted by molar-refractivity contribution is -0.113. The largest absolute Gasteiger partial charge is 0.497 e. The number of hydrogen-bond acceptors (Lipinski definition) is 6. The number of amides is 1. The predicted molar refractivity (Wildman–Crippen MR) is 184 cm³/mol. The molecule has 47 heavy (non-hydrogen) atoms. The van der Waals surface area contributed by atoms with E-state index in [9.17, 15) is 14.9 Å².